The van der Waals surface area contributed by atoms with Gasteiger partial charge in [0, 0.05) is 18.9 Å². The van der Waals surface area contributed by atoms with E-state index in [-0.39, 0.29) is 23.8 Å². The number of nitrogens with zero attached hydrogens (tertiary/aromatic N) is 1. The van der Waals surface area contributed by atoms with Crippen molar-refractivity contribution in [1.82, 2.24) is 10.3 Å². The molecule has 0 radical (unpaired) electrons. The molecular weight excluding hydrogens is 270 g/mol. The lowest BCUT2D eigenvalue weighted by molar-refractivity contribution is -0.122. The number of carbonyl (C=O) groups is 1. The average Bonchev–Trinajstić information content (AvgIpc) is 2.49. The monoisotopic (exact) mass is 287 g/mol. The van der Waals surface area contributed by atoms with Crippen molar-refractivity contribution in [1.29, 1.82) is 0 Å². The quantitative estimate of drug-likeness (QED) is 0.605. The second kappa shape index (κ2) is 6.71. The lowest BCUT2D eigenvalue weighted by atomic mass is 10.1. The highest BCUT2D eigenvalue weighted by molar-refractivity contribution is 5.81. The fraction of sp³-hybridized carbons (Fsp3) is 0.200. The largest absolute Gasteiger partial charge is 0.504 e. The van der Waals surface area contributed by atoms with E-state index in [0.717, 1.165) is 5.56 Å². The van der Waals surface area contributed by atoms with Gasteiger partial charge < -0.3 is 21.3 Å². The first-order chi connectivity index (χ1) is 10.1. The summed E-state index contributed by atoms with van der Waals surface area (Å²) in [7, 11) is 0. The summed E-state index contributed by atoms with van der Waals surface area (Å²) < 4.78 is 0. The molecule has 1 heterocycles. The molecule has 0 spiro atoms. The van der Waals surface area contributed by atoms with E-state index in [0.29, 0.717) is 12.1 Å². The van der Waals surface area contributed by atoms with Crippen LogP contribution in [0.1, 0.15) is 11.1 Å². The number of nitrogens with two attached hydrogens (primary N) is 1. The molecule has 0 saturated carbocycles. The molecule has 1 amide bonds. The number of pyridine rings is 1. The smallest absolute Gasteiger partial charge is 0.237 e. The number of phenolic OH excluding ortho intramolecular Hbond substituents is 2. The van der Waals surface area contributed by atoms with Gasteiger partial charge in [-0.2, -0.15) is 0 Å². The van der Waals surface area contributed by atoms with Crippen molar-refractivity contribution >= 4 is 5.91 Å². The van der Waals surface area contributed by atoms with Crippen LogP contribution in [0.3, 0.4) is 0 Å². The van der Waals surface area contributed by atoms with E-state index in [1.807, 2.05) is 12.1 Å². The first-order valence-electron chi connectivity index (χ1n) is 6.49. The zero-order valence-corrected chi connectivity index (χ0v) is 11.4. The number of aromatic hydroxyl groups is 2. The average molecular weight is 287 g/mol. The van der Waals surface area contributed by atoms with Crippen LogP contribution in [0.15, 0.2) is 42.7 Å². The molecule has 1 atom stereocenters. The third-order valence-corrected chi connectivity index (χ3v) is 3.05. The normalized spacial score (nSPS) is 11.9. The third kappa shape index (κ3) is 4.19. The minimum Gasteiger partial charge on any atom is -0.504 e. The molecule has 1 aromatic carbocycles. The van der Waals surface area contributed by atoms with Crippen molar-refractivity contribution in [2.75, 3.05) is 0 Å². The Morgan fingerprint density at radius 2 is 1.86 bits per heavy atom. The molecule has 110 valence electrons. The predicted molar refractivity (Wildman–Crippen MR) is 77.5 cm³/mol. The maximum absolute atomic E-state index is 11.9. The van der Waals surface area contributed by atoms with E-state index in [2.05, 4.69) is 10.3 Å². The van der Waals surface area contributed by atoms with E-state index >= 15 is 0 Å². The summed E-state index contributed by atoms with van der Waals surface area (Å²) in [6.07, 6.45) is 3.58. The summed E-state index contributed by atoms with van der Waals surface area (Å²) in [5, 5.41) is 21.4. The topological polar surface area (TPSA) is 108 Å². The standard InChI is InChI=1S/C15H17N3O3/c16-12(7-11-1-2-13(19)14(20)8-11)15(21)18-9-10-3-5-17-6-4-10/h1-6,8,12,19-20H,7,9,16H2,(H,18,21)/t12-/m0/s1. The van der Waals surface area contributed by atoms with Crippen molar-refractivity contribution in [3.63, 3.8) is 0 Å². The predicted octanol–water partition coefficient (Wildman–Crippen LogP) is 0.679. The van der Waals surface area contributed by atoms with Crippen molar-refractivity contribution in [3.8, 4) is 11.5 Å². The lowest BCUT2D eigenvalue weighted by Crippen LogP contribution is -2.41. The second-order valence-electron chi connectivity index (χ2n) is 4.71. The number of aromatic nitrogens is 1. The molecule has 5 N–H and O–H groups in total. The number of nitrogens with one attached hydrogen (secondary N) is 1. The van der Waals surface area contributed by atoms with E-state index in [9.17, 15) is 15.0 Å². The Bertz CT molecular complexity index is 617. The highest BCUT2D eigenvalue weighted by Crippen LogP contribution is 2.25. The summed E-state index contributed by atoms with van der Waals surface area (Å²) in [4.78, 5) is 15.8. The zero-order valence-electron chi connectivity index (χ0n) is 11.4. The summed E-state index contributed by atoms with van der Waals surface area (Å²) in [6, 6.07) is 7.27. The first kappa shape index (κ1) is 14.8. The van der Waals surface area contributed by atoms with E-state index < -0.39 is 6.04 Å². The summed E-state index contributed by atoms with van der Waals surface area (Å²) in [6.45, 7) is 0.385. The molecule has 1 aromatic heterocycles. The summed E-state index contributed by atoms with van der Waals surface area (Å²) in [5.74, 6) is -0.703. The highest BCUT2D eigenvalue weighted by atomic mass is 16.3. The van der Waals surface area contributed by atoms with Crippen LogP contribution in [-0.4, -0.2) is 27.1 Å². The molecule has 0 fully saturated rings. The zero-order chi connectivity index (χ0) is 15.2. The van der Waals surface area contributed by atoms with Gasteiger partial charge in [0.15, 0.2) is 11.5 Å². The van der Waals surface area contributed by atoms with Gasteiger partial charge in [-0.25, -0.2) is 0 Å². The van der Waals surface area contributed by atoms with Crippen LogP contribution in [-0.2, 0) is 17.8 Å². The van der Waals surface area contributed by atoms with Gasteiger partial charge >= 0.3 is 0 Å². The van der Waals surface area contributed by atoms with Gasteiger partial charge in [0.2, 0.25) is 5.91 Å². The van der Waals surface area contributed by atoms with Crippen LogP contribution in [0, 0.1) is 0 Å². The minimum atomic E-state index is -0.726. The molecule has 0 aliphatic carbocycles. The molecule has 6 heteroatoms. The molecule has 2 aromatic rings. The number of rotatable bonds is 5. The van der Waals surface area contributed by atoms with Gasteiger partial charge in [-0.05, 0) is 41.8 Å². The Morgan fingerprint density at radius 3 is 2.52 bits per heavy atom. The number of phenols is 2. The molecule has 0 aliphatic heterocycles. The van der Waals surface area contributed by atoms with Crippen LogP contribution in [0.4, 0.5) is 0 Å². The van der Waals surface area contributed by atoms with Crippen LogP contribution >= 0.6 is 0 Å². The first-order valence-corrected chi connectivity index (χ1v) is 6.49. The van der Waals surface area contributed by atoms with Crippen LogP contribution in [0.2, 0.25) is 0 Å². The lowest BCUT2D eigenvalue weighted by Gasteiger charge is -2.12. The Kier molecular flexibility index (Phi) is 4.73. The Labute approximate surface area is 122 Å². The van der Waals surface area contributed by atoms with Crippen LogP contribution < -0.4 is 11.1 Å². The van der Waals surface area contributed by atoms with Gasteiger partial charge in [-0.1, -0.05) is 6.07 Å². The van der Waals surface area contributed by atoms with Crippen molar-refractivity contribution < 1.29 is 15.0 Å². The SMILES string of the molecule is N[C@@H](Cc1ccc(O)c(O)c1)C(=O)NCc1ccncc1. The van der Waals surface area contributed by atoms with Crippen molar-refractivity contribution in [2.24, 2.45) is 5.73 Å². The summed E-state index contributed by atoms with van der Waals surface area (Å²) >= 11 is 0. The van der Waals surface area contributed by atoms with Gasteiger partial charge in [-0.3, -0.25) is 9.78 Å². The molecule has 2 rings (SSSR count). The minimum absolute atomic E-state index is 0.200. The molecule has 0 aliphatic rings. The maximum atomic E-state index is 11.9. The Balaban J connectivity index is 1.88. The van der Waals surface area contributed by atoms with Crippen LogP contribution in [0.25, 0.3) is 0 Å². The fourth-order valence-electron chi connectivity index (χ4n) is 1.86. The molecule has 0 bridgehead atoms. The van der Waals surface area contributed by atoms with Gasteiger partial charge in [0.05, 0.1) is 6.04 Å². The van der Waals surface area contributed by atoms with Crippen LogP contribution in [0.5, 0.6) is 11.5 Å². The number of hydrogen-bond acceptors (Lipinski definition) is 5. The number of carbonyl (C=O) groups excluding carboxylic acids is 1. The number of hydrogen-bond donors (Lipinski definition) is 4. The molecule has 0 saturated heterocycles. The maximum Gasteiger partial charge on any atom is 0.237 e. The van der Waals surface area contributed by atoms with Gasteiger partial charge in [0.25, 0.3) is 0 Å². The van der Waals surface area contributed by atoms with E-state index in [4.69, 9.17) is 5.73 Å². The second-order valence-corrected chi connectivity index (χ2v) is 4.71. The number of amides is 1. The molecular formula is C15H17N3O3. The highest BCUT2D eigenvalue weighted by Gasteiger charge is 2.14. The van der Waals surface area contributed by atoms with E-state index in [1.54, 1.807) is 18.5 Å². The summed E-state index contributed by atoms with van der Waals surface area (Å²) in [5.41, 5.74) is 7.45. The number of benzene rings is 1. The van der Waals surface area contributed by atoms with Gasteiger partial charge in [-0.15, -0.1) is 0 Å². The van der Waals surface area contributed by atoms with Crippen molar-refractivity contribution in [2.45, 2.75) is 19.0 Å². The van der Waals surface area contributed by atoms with Gasteiger partial charge in [0.1, 0.15) is 0 Å². The Morgan fingerprint density at radius 1 is 1.14 bits per heavy atom. The molecule has 0 unspecified atom stereocenters. The third-order valence-electron chi connectivity index (χ3n) is 3.05. The van der Waals surface area contributed by atoms with E-state index in [1.165, 1.54) is 12.1 Å². The molecule has 6 nitrogen and oxygen atoms in total. The Hall–Kier alpha value is -2.60. The fourth-order valence-corrected chi connectivity index (χ4v) is 1.86. The van der Waals surface area contributed by atoms with Crippen molar-refractivity contribution in [3.05, 3.63) is 53.9 Å². The molecule has 21 heavy (non-hydrogen) atoms.